The summed E-state index contributed by atoms with van der Waals surface area (Å²) in [5.74, 6) is 1.08. The van der Waals surface area contributed by atoms with Crippen LogP contribution in [0.2, 0.25) is 0 Å². The summed E-state index contributed by atoms with van der Waals surface area (Å²) < 4.78 is 1.09. The van der Waals surface area contributed by atoms with Crippen LogP contribution in [0.3, 0.4) is 0 Å². The van der Waals surface area contributed by atoms with Crippen molar-refractivity contribution in [3.8, 4) is 0 Å². The third-order valence-corrected chi connectivity index (χ3v) is 4.28. The molecule has 3 nitrogen and oxygen atoms in total. The van der Waals surface area contributed by atoms with Crippen molar-refractivity contribution in [3.05, 3.63) is 22.8 Å². The minimum absolute atomic E-state index is 0.400. The lowest BCUT2D eigenvalue weighted by atomic mass is 9.90. The van der Waals surface area contributed by atoms with Gasteiger partial charge in [0, 0.05) is 24.8 Å². The molecule has 1 aliphatic carbocycles. The van der Waals surface area contributed by atoms with Gasteiger partial charge in [-0.1, -0.05) is 6.92 Å². The van der Waals surface area contributed by atoms with Crippen molar-refractivity contribution in [2.24, 2.45) is 5.73 Å². The van der Waals surface area contributed by atoms with Crippen molar-refractivity contribution in [2.45, 2.75) is 51.1 Å². The van der Waals surface area contributed by atoms with Crippen molar-refractivity contribution in [1.82, 2.24) is 4.98 Å². The molecule has 1 aliphatic rings. The molecule has 2 N–H and O–H groups in total. The van der Waals surface area contributed by atoms with E-state index in [0.29, 0.717) is 12.1 Å². The lowest BCUT2D eigenvalue weighted by Gasteiger charge is -2.37. The summed E-state index contributed by atoms with van der Waals surface area (Å²) in [7, 11) is 0. The Morgan fingerprint density at radius 3 is 2.72 bits per heavy atom. The first-order chi connectivity index (χ1) is 8.72. The molecule has 0 aliphatic heterocycles. The van der Waals surface area contributed by atoms with E-state index in [9.17, 15) is 0 Å². The van der Waals surface area contributed by atoms with Crippen molar-refractivity contribution in [3.63, 3.8) is 0 Å². The van der Waals surface area contributed by atoms with Crippen molar-refractivity contribution in [1.29, 1.82) is 0 Å². The minimum atomic E-state index is 0.400. The molecular formula is C14H22BrN3. The molecule has 100 valence electrons. The van der Waals surface area contributed by atoms with E-state index in [4.69, 9.17) is 5.73 Å². The van der Waals surface area contributed by atoms with Gasteiger partial charge in [0.1, 0.15) is 5.82 Å². The zero-order valence-electron chi connectivity index (χ0n) is 11.0. The minimum Gasteiger partial charge on any atom is -0.353 e. The van der Waals surface area contributed by atoms with Crippen LogP contribution in [0.5, 0.6) is 0 Å². The van der Waals surface area contributed by atoms with Gasteiger partial charge in [-0.2, -0.15) is 0 Å². The quantitative estimate of drug-likeness (QED) is 0.927. The fraction of sp³-hybridized carbons (Fsp3) is 0.643. The maximum Gasteiger partial charge on any atom is 0.143 e. The van der Waals surface area contributed by atoms with Gasteiger partial charge in [0.2, 0.25) is 0 Å². The third-order valence-electron chi connectivity index (χ3n) is 3.66. The Hall–Kier alpha value is -0.610. The van der Waals surface area contributed by atoms with Crippen LogP contribution in [0.25, 0.3) is 0 Å². The smallest absolute Gasteiger partial charge is 0.143 e. The summed E-state index contributed by atoms with van der Waals surface area (Å²) in [5.41, 5.74) is 6.00. The molecule has 0 unspecified atom stereocenters. The number of rotatable bonds is 4. The molecule has 0 bridgehead atoms. The van der Waals surface area contributed by atoms with E-state index in [-0.39, 0.29) is 0 Å². The van der Waals surface area contributed by atoms with Gasteiger partial charge in [-0.05, 0) is 60.2 Å². The van der Waals surface area contributed by atoms with Gasteiger partial charge >= 0.3 is 0 Å². The van der Waals surface area contributed by atoms with E-state index in [0.717, 1.165) is 36.1 Å². The molecule has 1 saturated carbocycles. The van der Waals surface area contributed by atoms with Crippen LogP contribution in [0.15, 0.2) is 22.8 Å². The van der Waals surface area contributed by atoms with Crippen LogP contribution in [0.1, 0.15) is 39.0 Å². The van der Waals surface area contributed by atoms with E-state index < -0.39 is 0 Å². The van der Waals surface area contributed by atoms with E-state index in [1.165, 1.54) is 12.8 Å². The fourth-order valence-electron chi connectivity index (χ4n) is 2.70. The second-order valence-corrected chi connectivity index (χ2v) is 5.93. The molecule has 1 fully saturated rings. The molecule has 0 saturated heterocycles. The monoisotopic (exact) mass is 311 g/mol. The highest BCUT2D eigenvalue weighted by Crippen LogP contribution is 2.30. The fourth-order valence-corrected chi connectivity index (χ4v) is 3.19. The summed E-state index contributed by atoms with van der Waals surface area (Å²) in [5, 5.41) is 0. The van der Waals surface area contributed by atoms with Crippen molar-refractivity contribution < 1.29 is 0 Å². The Balaban J connectivity index is 2.15. The maximum atomic E-state index is 6.00. The first-order valence-electron chi connectivity index (χ1n) is 6.85. The molecule has 18 heavy (non-hydrogen) atoms. The molecular weight excluding hydrogens is 290 g/mol. The second kappa shape index (κ2) is 6.53. The van der Waals surface area contributed by atoms with Gasteiger partial charge in [0.15, 0.2) is 0 Å². The lowest BCUT2D eigenvalue weighted by Crippen LogP contribution is -2.42. The highest BCUT2D eigenvalue weighted by Gasteiger charge is 2.25. The van der Waals surface area contributed by atoms with Crippen molar-refractivity contribution >= 4 is 21.7 Å². The molecule has 0 aromatic carbocycles. The number of anilines is 1. The summed E-state index contributed by atoms with van der Waals surface area (Å²) in [4.78, 5) is 6.99. The first kappa shape index (κ1) is 13.8. The standard InChI is InChI=1S/C14H22BrN3/c1-2-10-18(12-7-5-11(16)6-8-12)14-13(15)4-3-9-17-14/h3-4,9,11-12H,2,5-8,10,16H2,1H3. The topological polar surface area (TPSA) is 42.2 Å². The zero-order valence-corrected chi connectivity index (χ0v) is 12.6. The molecule has 1 aromatic rings. The summed E-state index contributed by atoms with van der Waals surface area (Å²) in [6, 6.07) is 5.03. The summed E-state index contributed by atoms with van der Waals surface area (Å²) in [6.45, 7) is 3.29. The second-order valence-electron chi connectivity index (χ2n) is 5.07. The zero-order chi connectivity index (χ0) is 13.0. The molecule has 0 spiro atoms. The van der Waals surface area contributed by atoms with Crippen molar-refractivity contribution in [2.75, 3.05) is 11.4 Å². The first-order valence-corrected chi connectivity index (χ1v) is 7.64. The van der Waals surface area contributed by atoms with E-state index in [1.54, 1.807) is 0 Å². The molecule has 2 rings (SSSR count). The number of halogens is 1. The lowest BCUT2D eigenvalue weighted by molar-refractivity contribution is 0.374. The van der Waals surface area contributed by atoms with Gasteiger partial charge in [-0.25, -0.2) is 4.98 Å². The molecule has 1 aromatic heterocycles. The Labute approximate surface area is 118 Å². The van der Waals surface area contributed by atoms with Gasteiger partial charge < -0.3 is 10.6 Å². The number of aromatic nitrogens is 1. The van der Waals surface area contributed by atoms with E-state index in [1.807, 2.05) is 12.3 Å². The van der Waals surface area contributed by atoms with Gasteiger partial charge in [-0.3, -0.25) is 0 Å². The average molecular weight is 312 g/mol. The average Bonchev–Trinajstić information content (AvgIpc) is 2.38. The number of hydrogen-bond donors (Lipinski definition) is 1. The number of nitrogens with zero attached hydrogens (tertiary/aromatic N) is 2. The Morgan fingerprint density at radius 1 is 1.39 bits per heavy atom. The number of hydrogen-bond acceptors (Lipinski definition) is 3. The van der Waals surface area contributed by atoms with Crippen LogP contribution in [0.4, 0.5) is 5.82 Å². The van der Waals surface area contributed by atoms with Crippen LogP contribution in [-0.2, 0) is 0 Å². The summed E-state index contributed by atoms with van der Waals surface area (Å²) in [6.07, 6.45) is 7.65. The Bertz CT molecular complexity index is 375. The van der Waals surface area contributed by atoms with Crippen LogP contribution in [-0.4, -0.2) is 23.6 Å². The molecule has 0 atom stereocenters. The highest BCUT2D eigenvalue weighted by molar-refractivity contribution is 9.10. The van der Waals surface area contributed by atoms with Crippen LogP contribution >= 0.6 is 15.9 Å². The Morgan fingerprint density at radius 2 is 2.11 bits per heavy atom. The van der Waals surface area contributed by atoms with Gasteiger partial charge in [0.25, 0.3) is 0 Å². The maximum absolute atomic E-state index is 6.00. The molecule has 4 heteroatoms. The van der Waals surface area contributed by atoms with Crippen LogP contribution < -0.4 is 10.6 Å². The highest BCUT2D eigenvalue weighted by atomic mass is 79.9. The molecule has 0 amide bonds. The number of pyridine rings is 1. The summed E-state index contributed by atoms with van der Waals surface area (Å²) >= 11 is 3.62. The number of nitrogens with two attached hydrogens (primary N) is 1. The molecule has 0 radical (unpaired) electrons. The predicted octanol–water partition coefficient (Wildman–Crippen LogP) is 3.33. The van der Waals surface area contributed by atoms with Gasteiger partial charge in [-0.15, -0.1) is 0 Å². The Kier molecular flexibility index (Phi) is 5.01. The largest absolute Gasteiger partial charge is 0.353 e. The SMILES string of the molecule is CCCN(c1ncccc1Br)C1CCC(N)CC1. The normalized spacial score (nSPS) is 23.9. The van der Waals surface area contributed by atoms with E-state index >= 15 is 0 Å². The van der Waals surface area contributed by atoms with E-state index in [2.05, 4.69) is 38.8 Å². The molecule has 1 heterocycles. The van der Waals surface area contributed by atoms with Gasteiger partial charge in [0.05, 0.1) is 4.47 Å². The third kappa shape index (κ3) is 3.23. The predicted molar refractivity (Wildman–Crippen MR) is 79.8 cm³/mol. The van der Waals surface area contributed by atoms with Crippen LogP contribution in [0, 0.1) is 0 Å².